The quantitative estimate of drug-likeness (QED) is 0.779. The second-order valence-electron chi connectivity index (χ2n) is 8.42. The topological polar surface area (TPSA) is 50.1 Å². The van der Waals surface area contributed by atoms with Gasteiger partial charge < -0.3 is 23.0 Å². The van der Waals surface area contributed by atoms with Gasteiger partial charge in [-0.05, 0) is 67.5 Å². The highest BCUT2D eigenvalue weighted by atomic mass is 16.7. The van der Waals surface area contributed by atoms with Crippen molar-refractivity contribution in [3.8, 4) is 0 Å². The van der Waals surface area contributed by atoms with Gasteiger partial charge in [0.15, 0.2) is 0 Å². The summed E-state index contributed by atoms with van der Waals surface area (Å²) in [6.07, 6.45) is 0. The molecule has 0 aromatic carbocycles. The van der Waals surface area contributed by atoms with Gasteiger partial charge in [0.05, 0.1) is 22.4 Å². The van der Waals surface area contributed by atoms with Crippen molar-refractivity contribution >= 4 is 25.6 Å². The summed E-state index contributed by atoms with van der Waals surface area (Å²) in [4.78, 5) is 0. The Morgan fingerprint density at radius 1 is 0.565 bits per heavy atom. The lowest BCUT2D eigenvalue weighted by Crippen LogP contribution is -2.41. The van der Waals surface area contributed by atoms with Gasteiger partial charge in [-0.2, -0.15) is 0 Å². The number of furan rings is 1. The maximum atomic E-state index is 6.01. The molecule has 2 aliphatic heterocycles. The van der Waals surface area contributed by atoms with E-state index in [4.69, 9.17) is 23.0 Å². The van der Waals surface area contributed by atoms with Crippen molar-refractivity contribution in [2.45, 2.75) is 77.8 Å². The summed E-state index contributed by atoms with van der Waals surface area (Å²) >= 11 is 0. The summed E-state index contributed by atoms with van der Waals surface area (Å²) in [6.45, 7) is 16.2. The molecule has 1 aromatic rings. The molecular weight excluding hydrogens is 294 g/mol. The van der Waals surface area contributed by atoms with Gasteiger partial charge in [-0.1, -0.05) is 0 Å². The molecule has 2 saturated heterocycles. The van der Waals surface area contributed by atoms with Gasteiger partial charge in [0, 0.05) is 0 Å². The van der Waals surface area contributed by atoms with Crippen LogP contribution in [-0.2, 0) is 18.6 Å². The highest BCUT2D eigenvalue weighted by Gasteiger charge is 2.55. The van der Waals surface area contributed by atoms with Gasteiger partial charge in [-0.25, -0.2) is 0 Å². The molecule has 126 valence electrons. The second kappa shape index (κ2) is 4.88. The summed E-state index contributed by atoms with van der Waals surface area (Å²) in [5, 5.41) is 0. The van der Waals surface area contributed by atoms with E-state index >= 15 is 0 Å². The van der Waals surface area contributed by atoms with Crippen molar-refractivity contribution in [3.63, 3.8) is 0 Å². The number of hydrogen-bond acceptors (Lipinski definition) is 5. The summed E-state index contributed by atoms with van der Waals surface area (Å²) in [5.74, 6) is 0. The molecule has 0 N–H and O–H groups in total. The van der Waals surface area contributed by atoms with Gasteiger partial charge in [-0.3, -0.25) is 0 Å². The predicted molar refractivity (Wildman–Crippen MR) is 90.1 cm³/mol. The molecule has 2 fully saturated rings. The first-order chi connectivity index (χ1) is 10.3. The normalized spacial score (nSPS) is 27.7. The molecule has 5 nitrogen and oxygen atoms in total. The zero-order valence-corrected chi connectivity index (χ0v) is 15.4. The van der Waals surface area contributed by atoms with Crippen LogP contribution in [0, 0.1) is 0 Å². The van der Waals surface area contributed by atoms with Crippen LogP contribution in [0.15, 0.2) is 16.5 Å². The Kier molecular flexibility index (Phi) is 3.63. The fraction of sp³-hybridized carbons (Fsp3) is 0.750. The van der Waals surface area contributed by atoms with Gasteiger partial charge in [-0.15, -0.1) is 0 Å². The van der Waals surface area contributed by atoms with E-state index in [1.54, 1.807) is 0 Å². The number of rotatable bonds is 2. The SMILES string of the molecule is CC1(C)OB(c2ccc(B3OC(C)(C)C(C)(C)O3)o2)OC1(C)C. The molecule has 0 amide bonds. The molecule has 0 radical (unpaired) electrons. The van der Waals surface area contributed by atoms with E-state index < -0.39 is 36.6 Å². The Hall–Kier alpha value is -0.750. The maximum absolute atomic E-state index is 6.01. The number of hydrogen-bond donors (Lipinski definition) is 0. The first-order valence-electron chi connectivity index (χ1n) is 8.16. The van der Waals surface area contributed by atoms with Crippen molar-refractivity contribution in [2.75, 3.05) is 0 Å². The zero-order valence-electron chi connectivity index (χ0n) is 15.4. The predicted octanol–water partition coefficient (Wildman–Crippen LogP) is 1.88. The second-order valence-corrected chi connectivity index (χ2v) is 8.42. The zero-order chi connectivity index (χ0) is 17.3. The molecule has 0 spiro atoms. The summed E-state index contributed by atoms with van der Waals surface area (Å²) in [7, 11) is -1.03. The molecule has 1 aromatic heterocycles. The van der Waals surface area contributed by atoms with Crippen molar-refractivity contribution < 1.29 is 23.0 Å². The highest BCUT2D eigenvalue weighted by molar-refractivity contribution is 6.63. The minimum Gasteiger partial charge on any atom is -0.473 e. The van der Waals surface area contributed by atoms with E-state index in [0.29, 0.717) is 11.3 Å². The van der Waals surface area contributed by atoms with Crippen molar-refractivity contribution in [1.29, 1.82) is 0 Å². The molecule has 0 aliphatic carbocycles. The fourth-order valence-electron chi connectivity index (χ4n) is 2.54. The summed E-state index contributed by atoms with van der Waals surface area (Å²) in [5.41, 5.74) is -0.310. The van der Waals surface area contributed by atoms with E-state index in [1.165, 1.54) is 0 Å². The lowest BCUT2D eigenvalue weighted by molar-refractivity contribution is 0.00578. The smallest absolute Gasteiger partial charge is 0.473 e. The third-order valence-electron chi connectivity index (χ3n) is 5.62. The molecular formula is C16H26B2O5. The third-order valence-corrected chi connectivity index (χ3v) is 5.62. The first kappa shape index (κ1) is 17.1. The van der Waals surface area contributed by atoms with Crippen LogP contribution in [0.3, 0.4) is 0 Å². The van der Waals surface area contributed by atoms with Crippen LogP contribution >= 0.6 is 0 Å². The Morgan fingerprint density at radius 3 is 1.09 bits per heavy atom. The Bertz CT molecular complexity index is 523. The molecule has 3 heterocycles. The average Bonchev–Trinajstić information content (AvgIpc) is 2.96. The third kappa shape index (κ3) is 2.68. The van der Waals surface area contributed by atoms with Crippen molar-refractivity contribution in [1.82, 2.24) is 0 Å². The monoisotopic (exact) mass is 320 g/mol. The van der Waals surface area contributed by atoms with E-state index in [0.717, 1.165) is 0 Å². The van der Waals surface area contributed by atoms with Gasteiger partial charge in [0.1, 0.15) is 11.3 Å². The molecule has 2 aliphatic rings. The molecule has 0 bridgehead atoms. The summed E-state index contributed by atoms with van der Waals surface area (Å²) < 4.78 is 30.0. The molecule has 7 heteroatoms. The van der Waals surface area contributed by atoms with E-state index in [-0.39, 0.29) is 0 Å². The van der Waals surface area contributed by atoms with Gasteiger partial charge >= 0.3 is 14.2 Å². The molecule has 0 atom stereocenters. The average molecular weight is 320 g/mol. The molecule has 3 rings (SSSR count). The first-order valence-corrected chi connectivity index (χ1v) is 8.16. The van der Waals surface area contributed by atoms with Crippen LogP contribution in [0.2, 0.25) is 0 Å². The molecule has 0 unspecified atom stereocenters. The Labute approximate surface area is 139 Å². The van der Waals surface area contributed by atoms with Crippen LogP contribution in [0.25, 0.3) is 0 Å². The minimum absolute atomic E-state index is 0.394. The molecule has 23 heavy (non-hydrogen) atoms. The highest BCUT2D eigenvalue weighted by Crippen LogP contribution is 2.37. The Balaban J connectivity index is 1.78. The van der Waals surface area contributed by atoms with Crippen molar-refractivity contribution in [3.05, 3.63) is 12.1 Å². The van der Waals surface area contributed by atoms with Crippen LogP contribution in [0.4, 0.5) is 0 Å². The van der Waals surface area contributed by atoms with E-state index in [1.807, 2.05) is 67.5 Å². The Morgan fingerprint density at radius 2 is 0.826 bits per heavy atom. The minimum atomic E-state index is -0.517. The van der Waals surface area contributed by atoms with E-state index in [9.17, 15) is 0 Å². The lowest BCUT2D eigenvalue weighted by atomic mass is 9.86. The van der Waals surface area contributed by atoms with Crippen LogP contribution < -0.4 is 11.3 Å². The van der Waals surface area contributed by atoms with Gasteiger partial charge in [0.2, 0.25) is 0 Å². The van der Waals surface area contributed by atoms with Gasteiger partial charge in [0.25, 0.3) is 0 Å². The van der Waals surface area contributed by atoms with Crippen LogP contribution in [0.1, 0.15) is 55.4 Å². The molecule has 0 saturated carbocycles. The standard InChI is InChI=1S/C16H26B2O5/c1-13(2)14(3,4)21-17(20-13)11-9-10-12(19-11)18-22-15(5,6)16(7,8)23-18/h9-10H,1-8H3. The largest absolute Gasteiger partial charge is 0.532 e. The van der Waals surface area contributed by atoms with Crippen LogP contribution in [-0.4, -0.2) is 36.6 Å². The maximum Gasteiger partial charge on any atom is 0.532 e. The fourth-order valence-corrected chi connectivity index (χ4v) is 2.54. The lowest BCUT2D eigenvalue weighted by Gasteiger charge is -2.32. The summed E-state index contributed by atoms with van der Waals surface area (Å²) in [6, 6.07) is 3.73. The van der Waals surface area contributed by atoms with E-state index in [2.05, 4.69) is 0 Å². The van der Waals surface area contributed by atoms with Crippen molar-refractivity contribution in [2.24, 2.45) is 0 Å². The van der Waals surface area contributed by atoms with Crippen LogP contribution in [0.5, 0.6) is 0 Å².